The third-order valence-corrected chi connectivity index (χ3v) is 4.07. The van der Waals surface area contributed by atoms with Crippen molar-refractivity contribution in [2.24, 2.45) is 0 Å². The van der Waals surface area contributed by atoms with Crippen molar-refractivity contribution in [2.75, 3.05) is 0 Å². The molecule has 1 unspecified atom stereocenters. The van der Waals surface area contributed by atoms with Gasteiger partial charge in [0.05, 0.1) is 11.5 Å². The first-order valence-corrected chi connectivity index (χ1v) is 7.81. The summed E-state index contributed by atoms with van der Waals surface area (Å²) < 4.78 is 31.7. The van der Waals surface area contributed by atoms with E-state index in [1.54, 1.807) is 26.0 Å². The number of hydrogen-bond donors (Lipinski definition) is 1. The topological polar surface area (TPSA) is 63.3 Å². The van der Waals surface area contributed by atoms with Crippen molar-refractivity contribution in [2.45, 2.75) is 33.3 Å². The van der Waals surface area contributed by atoms with Crippen LogP contribution >= 0.6 is 0 Å². The fourth-order valence-electron chi connectivity index (χ4n) is 2.82. The number of aliphatic hydroxyl groups is 1. The third kappa shape index (κ3) is 3.05. The maximum atomic E-state index is 12.9. The zero-order valence-electron chi connectivity index (χ0n) is 14.0. The molecule has 3 aromatic rings. The Morgan fingerprint density at radius 1 is 1.20 bits per heavy atom. The van der Waals surface area contributed by atoms with Crippen molar-refractivity contribution in [1.29, 1.82) is 0 Å². The van der Waals surface area contributed by atoms with Crippen LogP contribution in [-0.4, -0.2) is 10.1 Å². The third-order valence-electron chi connectivity index (χ3n) is 4.07. The first kappa shape index (κ1) is 17.2. The van der Waals surface area contributed by atoms with E-state index in [0.29, 0.717) is 10.9 Å². The Morgan fingerprint density at radius 2 is 1.92 bits per heavy atom. The molecule has 0 fully saturated rings. The molecule has 4 nitrogen and oxygen atoms in total. The first-order valence-electron chi connectivity index (χ1n) is 7.81. The van der Waals surface area contributed by atoms with Crippen LogP contribution in [0.2, 0.25) is 0 Å². The van der Waals surface area contributed by atoms with Crippen LogP contribution in [0.25, 0.3) is 22.4 Å². The molecule has 0 saturated heterocycles. The van der Waals surface area contributed by atoms with Crippen molar-refractivity contribution in [3.8, 4) is 11.5 Å². The number of fused-ring (bicyclic) bond motifs is 1. The highest BCUT2D eigenvalue weighted by atomic mass is 19.3. The summed E-state index contributed by atoms with van der Waals surface area (Å²) in [4.78, 5) is 16.6. The van der Waals surface area contributed by atoms with E-state index in [0.717, 1.165) is 5.56 Å². The van der Waals surface area contributed by atoms with Gasteiger partial charge in [0.25, 0.3) is 6.43 Å². The van der Waals surface area contributed by atoms with Gasteiger partial charge in [-0.15, -0.1) is 0 Å². The number of benzene rings is 1. The summed E-state index contributed by atoms with van der Waals surface area (Å²) in [5.74, 6) is 0.130. The molecule has 0 bridgehead atoms. The number of halogens is 2. The van der Waals surface area contributed by atoms with Crippen LogP contribution in [0.5, 0.6) is 0 Å². The second-order valence-corrected chi connectivity index (χ2v) is 6.04. The number of rotatable bonds is 3. The Morgan fingerprint density at radius 3 is 2.56 bits per heavy atom. The highest BCUT2D eigenvalue weighted by Gasteiger charge is 2.19. The molecule has 0 aliphatic heterocycles. The van der Waals surface area contributed by atoms with Gasteiger partial charge < -0.3 is 9.52 Å². The molecule has 0 radical (unpaired) electrons. The molecule has 0 aliphatic carbocycles. The zero-order valence-corrected chi connectivity index (χ0v) is 14.0. The minimum atomic E-state index is -2.72. The van der Waals surface area contributed by atoms with E-state index in [4.69, 9.17) is 4.42 Å². The molecule has 0 saturated carbocycles. The summed E-state index contributed by atoms with van der Waals surface area (Å²) in [6, 6.07) is 7.59. The summed E-state index contributed by atoms with van der Waals surface area (Å²) in [5, 5.41) is 10.4. The molecule has 3 rings (SSSR count). The smallest absolute Gasteiger partial charge is 0.280 e. The molecule has 0 amide bonds. The lowest BCUT2D eigenvalue weighted by Gasteiger charge is -2.13. The van der Waals surface area contributed by atoms with E-state index in [-0.39, 0.29) is 33.7 Å². The lowest BCUT2D eigenvalue weighted by atomic mass is 10.0. The summed E-state index contributed by atoms with van der Waals surface area (Å²) in [5.41, 5.74) is 1.32. The minimum Gasteiger partial charge on any atom is -0.453 e. The van der Waals surface area contributed by atoms with Gasteiger partial charge in [0, 0.05) is 11.1 Å². The van der Waals surface area contributed by atoms with Crippen LogP contribution in [0, 0.1) is 13.8 Å². The number of aryl methyl sites for hydroxylation is 1. The molecule has 2 aromatic heterocycles. The van der Waals surface area contributed by atoms with Crippen LogP contribution in [0.1, 0.15) is 41.8 Å². The molecule has 0 aliphatic rings. The van der Waals surface area contributed by atoms with E-state index in [9.17, 15) is 18.7 Å². The standard InChI is InChI=1S/C19H17F2NO3/c1-9-7-12(11(3)23)18-13(8-9)16(24)10(2)17(25-18)14-5-4-6-15(22-14)19(20)21/h4-8,11,19,23H,1-3H3. The van der Waals surface area contributed by atoms with Gasteiger partial charge in [-0.3, -0.25) is 4.79 Å². The van der Waals surface area contributed by atoms with Crippen molar-refractivity contribution in [1.82, 2.24) is 4.98 Å². The molecule has 2 heterocycles. The van der Waals surface area contributed by atoms with Gasteiger partial charge in [0.2, 0.25) is 0 Å². The molecule has 0 spiro atoms. The van der Waals surface area contributed by atoms with Crippen molar-refractivity contribution in [3.05, 3.63) is 62.9 Å². The van der Waals surface area contributed by atoms with Crippen molar-refractivity contribution < 1.29 is 18.3 Å². The van der Waals surface area contributed by atoms with E-state index < -0.39 is 12.5 Å². The van der Waals surface area contributed by atoms with Gasteiger partial charge in [-0.05, 0) is 50.6 Å². The molecule has 6 heteroatoms. The number of aliphatic hydroxyl groups excluding tert-OH is 1. The predicted molar refractivity (Wildman–Crippen MR) is 90.8 cm³/mol. The van der Waals surface area contributed by atoms with E-state index in [1.165, 1.54) is 18.2 Å². The number of aromatic nitrogens is 1. The molecular formula is C19H17F2NO3. The lowest BCUT2D eigenvalue weighted by molar-refractivity contribution is 0.146. The number of nitrogens with zero attached hydrogens (tertiary/aromatic N) is 1. The Kier molecular flexibility index (Phi) is 4.39. The van der Waals surface area contributed by atoms with Gasteiger partial charge in [-0.1, -0.05) is 6.07 Å². The van der Waals surface area contributed by atoms with E-state index >= 15 is 0 Å². The van der Waals surface area contributed by atoms with E-state index in [2.05, 4.69) is 4.98 Å². The quantitative estimate of drug-likeness (QED) is 0.761. The van der Waals surface area contributed by atoms with Crippen LogP contribution in [0.15, 0.2) is 39.5 Å². The molecule has 25 heavy (non-hydrogen) atoms. The maximum Gasteiger partial charge on any atom is 0.280 e. The Hall–Kier alpha value is -2.60. The number of alkyl halides is 2. The molecule has 130 valence electrons. The first-order chi connectivity index (χ1) is 11.8. The van der Waals surface area contributed by atoms with Gasteiger partial charge in [-0.2, -0.15) is 0 Å². The fraction of sp³-hybridized carbons (Fsp3) is 0.263. The average Bonchev–Trinajstić information content (AvgIpc) is 2.57. The highest BCUT2D eigenvalue weighted by molar-refractivity contribution is 5.83. The number of hydrogen-bond acceptors (Lipinski definition) is 4. The largest absolute Gasteiger partial charge is 0.453 e. The highest BCUT2D eigenvalue weighted by Crippen LogP contribution is 2.30. The van der Waals surface area contributed by atoms with Crippen LogP contribution in [0.3, 0.4) is 0 Å². The van der Waals surface area contributed by atoms with Crippen molar-refractivity contribution >= 4 is 11.0 Å². The lowest BCUT2D eigenvalue weighted by Crippen LogP contribution is -2.10. The van der Waals surface area contributed by atoms with Crippen LogP contribution in [0.4, 0.5) is 8.78 Å². The normalized spacial score (nSPS) is 12.8. The van der Waals surface area contributed by atoms with E-state index in [1.807, 2.05) is 6.92 Å². The van der Waals surface area contributed by atoms with Gasteiger partial charge >= 0.3 is 0 Å². The second kappa shape index (κ2) is 6.37. The molecule has 1 atom stereocenters. The van der Waals surface area contributed by atoms with Crippen LogP contribution in [-0.2, 0) is 0 Å². The average molecular weight is 345 g/mol. The fourth-order valence-corrected chi connectivity index (χ4v) is 2.82. The summed E-state index contributed by atoms with van der Waals surface area (Å²) in [6.07, 6.45) is -3.57. The Balaban J connectivity index is 2.36. The Bertz CT molecular complexity index is 1010. The minimum absolute atomic E-state index is 0.130. The summed E-state index contributed by atoms with van der Waals surface area (Å²) in [7, 11) is 0. The zero-order chi connectivity index (χ0) is 18.3. The van der Waals surface area contributed by atoms with Gasteiger partial charge in [-0.25, -0.2) is 13.8 Å². The molecular weight excluding hydrogens is 328 g/mol. The SMILES string of the molecule is Cc1cc(C(C)O)c2oc(-c3cccc(C(F)F)n3)c(C)c(=O)c2c1. The summed E-state index contributed by atoms with van der Waals surface area (Å²) >= 11 is 0. The predicted octanol–water partition coefficient (Wildman–Crippen LogP) is 4.46. The molecule has 1 N–H and O–H groups in total. The monoisotopic (exact) mass is 345 g/mol. The van der Waals surface area contributed by atoms with Crippen LogP contribution < -0.4 is 5.43 Å². The van der Waals surface area contributed by atoms with Gasteiger partial charge in [0.15, 0.2) is 11.2 Å². The maximum absolute atomic E-state index is 12.9. The molecule has 1 aromatic carbocycles. The summed E-state index contributed by atoms with van der Waals surface area (Å²) in [6.45, 7) is 4.97. The Labute approximate surface area is 142 Å². The van der Waals surface area contributed by atoms with Gasteiger partial charge in [0.1, 0.15) is 17.0 Å². The number of pyridine rings is 1. The van der Waals surface area contributed by atoms with Crippen molar-refractivity contribution in [3.63, 3.8) is 0 Å². The second-order valence-electron chi connectivity index (χ2n) is 6.04.